The van der Waals surface area contributed by atoms with E-state index in [0.29, 0.717) is 6.54 Å². The summed E-state index contributed by atoms with van der Waals surface area (Å²) in [5, 5.41) is 6.14. The number of benzene rings is 3. The third-order valence-corrected chi connectivity index (χ3v) is 4.93. The maximum absolute atomic E-state index is 6.01. The van der Waals surface area contributed by atoms with Crippen LogP contribution in [0.25, 0.3) is 10.8 Å². The Morgan fingerprint density at radius 2 is 1.50 bits per heavy atom. The minimum Gasteiger partial charge on any atom is -0.329 e. The van der Waals surface area contributed by atoms with Crippen LogP contribution in [0.2, 0.25) is 0 Å². The van der Waals surface area contributed by atoms with Crippen molar-refractivity contribution in [3.05, 3.63) is 83.9 Å². The highest BCUT2D eigenvalue weighted by Crippen LogP contribution is 2.26. The minimum atomic E-state index is 0.145. The second kappa shape index (κ2) is 7.22. The molecule has 0 saturated heterocycles. The van der Waals surface area contributed by atoms with Gasteiger partial charge in [0.1, 0.15) is 0 Å². The number of hydrogen-bond donors (Lipinski definition) is 2. The van der Waals surface area contributed by atoms with E-state index in [1.54, 1.807) is 0 Å². The van der Waals surface area contributed by atoms with Gasteiger partial charge in [0.15, 0.2) is 0 Å². The van der Waals surface area contributed by atoms with Gasteiger partial charge in [-0.1, -0.05) is 89.3 Å². The quantitative estimate of drug-likeness (QED) is 0.373. The molecule has 0 aliphatic rings. The van der Waals surface area contributed by atoms with E-state index in [2.05, 4.69) is 94.6 Å². The van der Waals surface area contributed by atoms with Crippen molar-refractivity contribution >= 4 is 33.4 Å². The summed E-state index contributed by atoms with van der Waals surface area (Å²) in [5.41, 5.74) is 8.51. The number of fused-ring (bicyclic) bond motifs is 1. The Hall–Kier alpha value is -1.43. The maximum atomic E-state index is 6.01. The average Bonchev–Trinajstić information content (AvgIpc) is 2.59. The molecule has 3 N–H and O–H groups in total. The summed E-state index contributed by atoms with van der Waals surface area (Å²) in [6.45, 7) is 0.574. The van der Waals surface area contributed by atoms with Crippen molar-refractivity contribution in [3.8, 4) is 0 Å². The molecule has 0 radical (unpaired) electrons. The van der Waals surface area contributed by atoms with Crippen molar-refractivity contribution in [1.82, 2.24) is 5.32 Å². The second-order valence-corrected chi connectivity index (χ2v) is 6.58. The monoisotopic (exact) mass is 402 g/mol. The summed E-state index contributed by atoms with van der Waals surface area (Å²) in [7, 11) is 0. The van der Waals surface area contributed by atoms with Crippen LogP contribution in [0.1, 0.15) is 21.2 Å². The second-order valence-electron chi connectivity index (χ2n) is 5.33. The Morgan fingerprint density at radius 3 is 2.23 bits per heavy atom. The van der Waals surface area contributed by atoms with Gasteiger partial charge in [-0.3, -0.25) is 5.32 Å². The molecule has 0 aliphatic carbocycles. The van der Waals surface area contributed by atoms with Crippen LogP contribution in [0.4, 0.5) is 0 Å². The van der Waals surface area contributed by atoms with E-state index in [4.69, 9.17) is 5.73 Å². The smallest absolute Gasteiger partial charge is 0.0854 e. The van der Waals surface area contributed by atoms with Gasteiger partial charge in [0.2, 0.25) is 0 Å². The number of nitrogens with two attached hydrogens (primary N) is 1. The number of rotatable bonds is 5. The van der Waals surface area contributed by atoms with Crippen LogP contribution in [-0.2, 0) is 0 Å². The highest BCUT2D eigenvalue weighted by atomic mass is 127. The van der Waals surface area contributed by atoms with Gasteiger partial charge in [0, 0.05) is 12.6 Å². The van der Waals surface area contributed by atoms with E-state index in [1.807, 2.05) is 6.07 Å². The van der Waals surface area contributed by atoms with Crippen LogP contribution in [0, 0.1) is 0 Å². The number of nitrogens with one attached hydrogen (secondary N) is 1. The van der Waals surface area contributed by atoms with E-state index in [-0.39, 0.29) is 10.1 Å². The number of alkyl halides is 1. The van der Waals surface area contributed by atoms with Crippen molar-refractivity contribution in [2.24, 2.45) is 5.73 Å². The van der Waals surface area contributed by atoms with Crippen LogP contribution in [-0.4, -0.2) is 6.54 Å². The van der Waals surface area contributed by atoms with Gasteiger partial charge in [0.05, 0.1) is 4.05 Å². The van der Waals surface area contributed by atoms with Gasteiger partial charge in [-0.2, -0.15) is 0 Å². The minimum absolute atomic E-state index is 0.145. The molecule has 0 aromatic heterocycles. The Balaban J connectivity index is 1.83. The molecule has 0 fully saturated rings. The molecule has 2 nitrogen and oxygen atoms in total. The van der Waals surface area contributed by atoms with Crippen molar-refractivity contribution in [2.75, 3.05) is 6.54 Å². The van der Waals surface area contributed by atoms with Gasteiger partial charge >= 0.3 is 0 Å². The molecule has 2 atom stereocenters. The molecular weight excluding hydrogens is 383 g/mol. The molecule has 3 aromatic rings. The zero-order valence-electron chi connectivity index (χ0n) is 12.2. The fourth-order valence-electron chi connectivity index (χ4n) is 2.62. The Morgan fingerprint density at radius 1 is 0.818 bits per heavy atom. The molecule has 3 heteroatoms. The predicted octanol–water partition coefficient (Wildman–Crippen LogP) is 4.56. The summed E-state index contributed by atoms with van der Waals surface area (Å²) in [5.74, 6) is 0. The van der Waals surface area contributed by atoms with Crippen LogP contribution in [0.3, 0.4) is 0 Å². The summed E-state index contributed by atoms with van der Waals surface area (Å²) in [6.07, 6.45) is 0. The Labute approximate surface area is 144 Å². The first-order valence-corrected chi connectivity index (χ1v) is 8.66. The lowest BCUT2D eigenvalue weighted by molar-refractivity contribution is 0.545. The topological polar surface area (TPSA) is 38.0 Å². The standard InChI is InChI=1S/C19H19IN2/c20-19(15-7-2-1-3-8-15)22-18(13-21)17-11-10-14-6-4-5-9-16(14)12-17/h1-12,18-19,22H,13,21H2. The van der Waals surface area contributed by atoms with E-state index in [1.165, 1.54) is 21.9 Å². The molecule has 0 bridgehead atoms. The third kappa shape index (κ3) is 3.48. The van der Waals surface area contributed by atoms with Gasteiger partial charge in [-0.15, -0.1) is 0 Å². The molecule has 2 unspecified atom stereocenters. The van der Waals surface area contributed by atoms with Crippen molar-refractivity contribution in [1.29, 1.82) is 0 Å². The van der Waals surface area contributed by atoms with E-state index in [9.17, 15) is 0 Å². The molecule has 0 aliphatic heterocycles. The summed E-state index contributed by atoms with van der Waals surface area (Å²) >= 11 is 2.42. The Kier molecular flexibility index (Phi) is 5.08. The lowest BCUT2D eigenvalue weighted by atomic mass is 10.0. The molecule has 0 saturated carbocycles. The van der Waals surface area contributed by atoms with Crippen LogP contribution >= 0.6 is 22.6 Å². The zero-order chi connectivity index (χ0) is 15.4. The van der Waals surface area contributed by atoms with Gasteiger partial charge in [-0.05, 0) is 28.0 Å². The van der Waals surface area contributed by atoms with Gasteiger partial charge < -0.3 is 5.73 Å². The summed E-state index contributed by atoms with van der Waals surface area (Å²) in [6, 6.07) is 25.6. The van der Waals surface area contributed by atoms with Crippen molar-refractivity contribution in [3.63, 3.8) is 0 Å². The summed E-state index contributed by atoms with van der Waals surface area (Å²) < 4.78 is 0.235. The lowest BCUT2D eigenvalue weighted by Gasteiger charge is -2.22. The Bertz CT molecular complexity index is 743. The summed E-state index contributed by atoms with van der Waals surface area (Å²) in [4.78, 5) is 0. The molecule has 112 valence electrons. The predicted molar refractivity (Wildman–Crippen MR) is 102 cm³/mol. The third-order valence-electron chi connectivity index (χ3n) is 3.85. The fraction of sp³-hybridized carbons (Fsp3) is 0.158. The fourth-order valence-corrected chi connectivity index (χ4v) is 3.47. The van der Waals surface area contributed by atoms with Crippen molar-refractivity contribution in [2.45, 2.75) is 10.1 Å². The first kappa shape index (κ1) is 15.5. The number of halogens is 1. The van der Waals surface area contributed by atoms with Crippen LogP contribution in [0.5, 0.6) is 0 Å². The average molecular weight is 402 g/mol. The SMILES string of the molecule is NCC(NC(I)c1ccccc1)c1ccc2ccccc2c1. The first-order chi connectivity index (χ1) is 10.8. The highest BCUT2D eigenvalue weighted by Gasteiger charge is 2.15. The maximum Gasteiger partial charge on any atom is 0.0854 e. The normalized spacial score (nSPS) is 13.9. The van der Waals surface area contributed by atoms with E-state index < -0.39 is 0 Å². The number of hydrogen-bond acceptors (Lipinski definition) is 2. The molecule has 3 rings (SSSR count). The van der Waals surface area contributed by atoms with Crippen LogP contribution < -0.4 is 11.1 Å². The first-order valence-electron chi connectivity index (χ1n) is 7.42. The van der Waals surface area contributed by atoms with Crippen LogP contribution in [0.15, 0.2) is 72.8 Å². The van der Waals surface area contributed by atoms with Crippen molar-refractivity contribution < 1.29 is 0 Å². The lowest BCUT2D eigenvalue weighted by Crippen LogP contribution is -2.29. The molecule has 0 amide bonds. The molecule has 22 heavy (non-hydrogen) atoms. The molecule has 0 heterocycles. The van der Waals surface area contributed by atoms with E-state index >= 15 is 0 Å². The highest BCUT2D eigenvalue weighted by molar-refractivity contribution is 14.1. The molecule has 0 spiro atoms. The molecule has 3 aromatic carbocycles. The van der Waals surface area contributed by atoms with E-state index in [0.717, 1.165) is 0 Å². The van der Waals surface area contributed by atoms with Gasteiger partial charge in [-0.25, -0.2) is 0 Å². The van der Waals surface area contributed by atoms with Gasteiger partial charge in [0.25, 0.3) is 0 Å². The zero-order valence-corrected chi connectivity index (χ0v) is 14.4. The largest absolute Gasteiger partial charge is 0.329 e. The molecular formula is C19H19IN2.